The molecular formula is C14H8Cl2F6KNO4S. The Hall–Kier alpha value is 0.0364. The maximum atomic E-state index is 13.2. The maximum absolute atomic E-state index is 13.2. The van der Waals surface area contributed by atoms with Gasteiger partial charge in [0.25, 0.3) is 5.60 Å². The van der Waals surface area contributed by atoms with Crippen molar-refractivity contribution in [3.05, 3.63) is 43.8 Å². The number of nitrogens with zero attached hydrogens (tertiary/aromatic N) is 1. The Morgan fingerprint density at radius 3 is 2.14 bits per heavy atom. The normalized spacial score (nSPS) is 12.5. The Morgan fingerprint density at radius 2 is 1.69 bits per heavy atom. The number of carbonyl (C=O) groups is 1. The van der Waals surface area contributed by atoms with Crippen LogP contribution in [0.1, 0.15) is 21.1 Å². The number of ether oxygens (including phenoxy) is 1. The number of halogens is 8. The average molecular weight is 510 g/mol. The van der Waals surface area contributed by atoms with Gasteiger partial charge in [-0.1, -0.05) is 23.2 Å². The topological polar surface area (TPSA) is 79.7 Å². The summed E-state index contributed by atoms with van der Waals surface area (Å²) in [5.74, 6) is -2.76. The second-order valence-electron chi connectivity index (χ2n) is 5.13. The van der Waals surface area contributed by atoms with Crippen molar-refractivity contribution in [3.8, 4) is 5.75 Å². The molecule has 2 N–H and O–H groups in total. The molecule has 0 fully saturated rings. The molecule has 29 heavy (non-hydrogen) atoms. The van der Waals surface area contributed by atoms with Gasteiger partial charge in [-0.2, -0.15) is 26.3 Å². The Morgan fingerprint density at radius 1 is 1.14 bits per heavy atom. The molecule has 156 valence electrons. The first-order valence-corrected chi connectivity index (χ1v) is 8.49. The van der Waals surface area contributed by atoms with Crippen LogP contribution >= 0.6 is 34.5 Å². The third kappa shape index (κ3) is 5.27. The van der Waals surface area contributed by atoms with Crippen molar-refractivity contribution in [2.45, 2.75) is 24.6 Å². The summed E-state index contributed by atoms with van der Waals surface area (Å²) in [4.78, 5) is 15.6. The number of alkyl halides is 6. The van der Waals surface area contributed by atoms with E-state index in [0.29, 0.717) is 17.4 Å². The summed E-state index contributed by atoms with van der Waals surface area (Å²) in [6, 6.07) is 1.30. The fourth-order valence-electron chi connectivity index (χ4n) is 2.02. The van der Waals surface area contributed by atoms with E-state index in [1.807, 2.05) is 0 Å². The number of thiazole rings is 1. The molecule has 0 radical (unpaired) electrons. The van der Waals surface area contributed by atoms with Crippen molar-refractivity contribution < 1.29 is 46.1 Å². The van der Waals surface area contributed by atoms with Gasteiger partial charge in [-0.25, -0.2) is 9.78 Å². The molecule has 0 saturated carbocycles. The molecule has 2 aromatic rings. The summed E-state index contributed by atoms with van der Waals surface area (Å²) in [5, 5.41) is 17.2. The van der Waals surface area contributed by atoms with Crippen LogP contribution in [-0.2, 0) is 12.2 Å². The Labute approximate surface area is 215 Å². The molecule has 1 aromatic heterocycles. The number of hydrogen-bond acceptors (Lipinski definition) is 6. The van der Waals surface area contributed by atoms with Crippen molar-refractivity contribution >= 4 is 91.9 Å². The number of aliphatic hydroxyl groups excluding tert-OH is 1. The Balaban J connectivity index is 0.00000420. The third-order valence-electron chi connectivity index (χ3n) is 3.33. The van der Waals surface area contributed by atoms with Crippen molar-refractivity contribution in [2.24, 2.45) is 0 Å². The molecule has 15 heteroatoms. The van der Waals surface area contributed by atoms with Gasteiger partial charge in [0.2, 0.25) is 5.01 Å². The first-order valence-electron chi connectivity index (χ1n) is 6.85. The summed E-state index contributed by atoms with van der Waals surface area (Å²) in [7, 11) is 0. The Bertz CT molecular complexity index is 891. The molecule has 0 spiro atoms. The Kier molecular flexibility index (Phi) is 9.03. The summed E-state index contributed by atoms with van der Waals surface area (Å²) < 4.78 is 84.0. The van der Waals surface area contributed by atoms with Crippen molar-refractivity contribution in [2.75, 3.05) is 0 Å². The molecule has 0 bridgehead atoms. The van der Waals surface area contributed by atoms with Gasteiger partial charge in [-0.05, 0) is 12.1 Å². The van der Waals surface area contributed by atoms with Gasteiger partial charge in [0.15, 0.2) is 0 Å². The van der Waals surface area contributed by atoms with Crippen LogP contribution in [0.25, 0.3) is 0 Å². The van der Waals surface area contributed by atoms with E-state index in [0.717, 1.165) is 6.07 Å². The fraction of sp³-hybridized carbons (Fsp3) is 0.286. The van der Waals surface area contributed by atoms with Crippen LogP contribution in [0.2, 0.25) is 10.0 Å². The van der Waals surface area contributed by atoms with Crippen molar-refractivity contribution in [3.63, 3.8) is 0 Å². The van der Waals surface area contributed by atoms with E-state index in [2.05, 4.69) is 9.72 Å². The standard InChI is InChI=1S/C14H7Cl2F6NO4S.K.H/c15-6-1-2-7(27-11(25)10-23-5(3-24)4-28-10)8(9(6)16)12(26,13(17,18)19)14(20,21)22;;/h1-2,4,24,26H,3H2;;. The predicted molar refractivity (Wildman–Crippen MR) is 92.6 cm³/mol. The van der Waals surface area contributed by atoms with Crippen molar-refractivity contribution in [1.82, 2.24) is 4.98 Å². The third-order valence-corrected chi connectivity index (χ3v) is 5.01. The van der Waals surface area contributed by atoms with Crippen LogP contribution in [0.3, 0.4) is 0 Å². The second kappa shape index (κ2) is 9.67. The van der Waals surface area contributed by atoms with Crippen LogP contribution in [-0.4, -0.2) is 84.9 Å². The van der Waals surface area contributed by atoms with E-state index in [1.54, 1.807) is 0 Å². The molecule has 1 heterocycles. The van der Waals surface area contributed by atoms with Gasteiger partial charge in [0, 0.05) is 5.38 Å². The molecule has 0 saturated heterocycles. The molecule has 0 atom stereocenters. The van der Waals surface area contributed by atoms with E-state index < -0.39 is 56.9 Å². The summed E-state index contributed by atoms with van der Waals surface area (Å²) in [6.45, 7) is -0.566. The zero-order chi connectivity index (χ0) is 21.5. The van der Waals surface area contributed by atoms with E-state index in [1.165, 1.54) is 5.38 Å². The zero-order valence-electron chi connectivity index (χ0n) is 13.0. The van der Waals surface area contributed by atoms with Gasteiger partial charge in [0.05, 0.1) is 27.9 Å². The molecule has 0 amide bonds. The molecule has 0 aliphatic carbocycles. The van der Waals surface area contributed by atoms with Crippen LogP contribution in [0.4, 0.5) is 26.3 Å². The number of carbonyl (C=O) groups excluding carboxylic acids is 1. The number of aromatic nitrogens is 1. The van der Waals surface area contributed by atoms with Crippen molar-refractivity contribution in [1.29, 1.82) is 0 Å². The van der Waals surface area contributed by atoms with Gasteiger partial charge < -0.3 is 14.9 Å². The molecular weight excluding hydrogens is 502 g/mol. The van der Waals surface area contributed by atoms with Crippen LogP contribution in [0, 0.1) is 0 Å². The number of esters is 1. The molecule has 0 aliphatic heterocycles. The minimum atomic E-state index is -6.29. The van der Waals surface area contributed by atoms with Gasteiger partial charge in [-0.3, -0.25) is 0 Å². The van der Waals surface area contributed by atoms with Gasteiger partial charge >= 0.3 is 69.7 Å². The monoisotopic (exact) mass is 509 g/mol. The SMILES string of the molecule is O=C(Oc1ccc(Cl)c(Cl)c1C(O)(C(F)(F)F)C(F)(F)F)c1nc(CO)cs1.[KH]. The van der Waals surface area contributed by atoms with E-state index in [9.17, 15) is 36.2 Å². The van der Waals surface area contributed by atoms with E-state index >= 15 is 0 Å². The number of aliphatic hydroxyl groups is 2. The summed E-state index contributed by atoms with van der Waals surface area (Å²) >= 11 is 11.7. The van der Waals surface area contributed by atoms with Gasteiger partial charge in [0.1, 0.15) is 5.75 Å². The van der Waals surface area contributed by atoms with Gasteiger partial charge in [-0.15, -0.1) is 11.3 Å². The second-order valence-corrected chi connectivity index (χ2v) is 6.78. The predicted octanol–water partition coefficient (Wildman–Crippen LogP) is 3.83. The number of rotatable bonds is 4. The quantitative estimate of drug-likeness (QED) is 0.283. The molecule has 1 aromatic carbocycles. The fourth-order valence-corrected chi connectivity index (χ4v) is 3.15. The minimum absolute atomic E-state index is 0. The van der Waals surface area contributed by atoms with E-state index in [4.69, 9.17) is 28.3 Å². The van der Waals surface area contributed by atoms with E-state index in [-0.39, 0.29) is 57.1 Å². The molecule has 0 unspecified atom stereocenters. The summed E-state index contributed by atoms with van der Waals surface area (Å²) in [6.07, 6.45) is -12.6. The average Bonchev–Trinajstić information content (AvgIpc) is 3.05. The van der Waals surface area contributed by atoms with Crippen LogP contribution < -0.4 is 4.74 Å². The number of benzene rings is 1. The van der Waals surface area contributed by atoms with Crippen LogP contribution in [0.15, 0.2) is 17.5 Å². The molecule has 0 aliphatic rings. The molecule has 2 rings (SSSR count). The number of hydrogen-bond donors (Lipinski definition) is 2. The molecule has 5 nitrogen and oxygen atoms in total. The first kappa shape index (κ1) is 27.1. The summed E-state index contributed by atoms with van der Waals surface area (Å²) in [5.41, 5.74) is -7.45. The van der Waals surface area contributed by atoms with Crippen LogP contribution in [0.5, 0.6) is 5.75 Å². The first-order chi connectivity index (χ1) is 12.7. The zero-order valence-corrected chi connectivity index (χ0v) is 15.4.